The van der Waals surface area contributed by atoms with E-state index in [4.69, 9.17) is 0 Å². The molecule has 0 amide bonds. The molecule has 1 unspecified atom stereocenters. The molecule has 2 aromatic heterocycles. The lowest BCUT2D eigenvalue weighted by Gasteiger charge is -2.24. The highest BCUT2D eigenvalue weighted by Gasteiger charge is 2.29. The van der Waals surface area contributed by atoms with Gasteiger partial charge in [0, 0.05) is 45.3 Å². The van der Waals surface area contributed by atoms with Crippen LogP contribution < -0.4 is 5.32 Å². The molecule has 0 radical (unpaired) electrons. The molecule has 0 bridgehead atoms. The SMILES string of the molecule is CCC(CC)C1CCN(C(=NC)NCc2ccnc(-n3cccn3)c2)C1.I. The van der Waals surface area contributed by atoms with Gasteiger partial charge >= 0.3 is 0 Å². The molecule has 7 heteroatoms. The normalized spacial score (nSPS) is 17.3. The maximum atomic E-state index is 4.50. The first kappa shape index (κ1) is 21.7. The summed E-state index contributed by atoms with van der Waals surface area (Å²) in [6.07, 6.45) is 9.31. The number of rotatable bonds is 6. The zero-order valence-electron chi connectivity index (χ0n) is 16.5. The molecule has 1 N–H and O–H groups in total. The summed E-state index contributed by atoms with van der Waals surface area (Å²) in [4.78, 5) is 11.3. The van der Waals surface area contributed by atoms with Gasteiger partial charge in [0.15, 0.2) is 11.8 Å². The standard InChI is InChI=1S/C20H30N6.HI/c1-4-17(5-2)18-8-12-25(15-18)20(21-3)23-14-16-7-10-22-19(13-16)26-11-6-9-24-26;/h6-7,9-11,13,17-18H,4-5,8,12,14-15H2,1-3H3,(H,21,23);1H. The fourth-order valence-electron chi connectivity index (χ4n) is 3.93. The van der Waals surface area contributed by atoms with Crippen LogP contribution in [-0.2, 0) is 6.54 Å². The van der Waals surface area contributed by atoms with Crippen molar-refractivity contribution in [2.75, 3.05) is 20.1 Å². The van der Waals surface area contributed by atoms with Crippen LogP contribution in [-0.4, -0.2) is 45.8 Å². The van der Waals surface area contributed by atoms with Crippen LogP contribution in [0.2, 0.25) is 0 Å². The predicted molar refractivity (Wildman–Crippen MR) is 121 cm³/mol. The molecule has 0 saturated carbocycles. The molecule has 6 nitrogen and oxygen atoms in total. The summed E-state index contributed by atoms with van der Waals surface area (Å²) < 4.78 is 1.78. The minimum Gasteiger partial charge on any atom is -0.352 e. The third-order valence-electron chi connectivity index (χ3n) is 5.45. The minimum atomic E-state index is 0. The molecule has 148 valence electrons. The van der Waals surface area contributed by atoms with E-state index in [9.17, 15) is 0 Å². The van der Waals surface area contributed by atoms with Crippen molar-refractivity contribution < 1.29 is 0 Å². The fourth-order valence-corrected chi connectivity index (χ4v) is 3.93. The number of aromatic nitrogens is 3. The number of guanidine groups is 1. The van der Waals surface area contributed by atoms with Crippen molar-refractivity contribution >= 4 is 29.9 Å². The van der Waals surface area contributed by atoms with Crippen molar-refractivity contribution in [2.45, 2.75) is 39.7 Å². The molecule has 0 aliphatic carbocycles. The first-order chi connectivity index (χ1) is 12.7. The Kier molecular flexibility index (Phi) is 8.53. The first-order valence-corrected chi connectivity index (χ1v) is 9.65. The van der Waals surface area contributed by atoms with Crippen LogP contribution in [0, 0.1) is 11.8 Å². The zero-order chi connectivity index (χ0) is 18.4. The molecule has 1 aliphatic rings. The predicted octanol–water partition coefficient (Wildman–Crippen LogP) is 3.72. The molecule has 1 aliphatic heterocycles. The van der Waals surface area contributed by atoms with Gasteiger partial charge in [-0.2, -0.15) is 5.10 Å². The van der Waals surface area contributed by atoms with Crippen molar-refractivity contribution in [3.63, 3.8) is 0 Å². The average Bonchev–Trinajstić information content (AvgIpc) is 3.36. The number of hydrogen-bond acceptors (Lipinski definition) is 3. The van der Waals surface area contributed by atoms with Crippen LogP contribution in [0.25, 0.3) is 5.82 Å². The van der Waals surface area contributed by atoms with Gasteiger partial charge in [0.25, 0.3) is 0 Å². The molecule has 27 heavy (non-hydrogen) atoms. The van der Waals surface area contributed by atoms with E-state index in [0.717, 1.165) is 43.2 Å². The Labute approximate surface area is 179 Å². The van der Waals surface area contributed by atoms with E-state index in [0.29, 0.717) is 0 Å². The van der Waals surface area contributed by atoms with Crippen molar-refractivity contribution in [1.82, 2.24) is 25.0 Å². The molecule has 1 fully saturated rings. The van der Waals surface area contributed by atoms with Gasteiger partial charge < -0.3 is 10.2 Å². The van der Waals surface area contributed by atoms with Gasteiger partial charge in [0.2, 0.25) is 0 Å². The Bertz CT molecular complexity index is 711. The summed E-state index contributed by atoms with van der Waals surface area (Å²) in [6, 6.07) is 5.99. The second-order valence-corrected chi connectivity index (χ2v) is 6.95. The third kappa shape index (κ3) is 5.43. The highest BCUT2D eigenvalue weighted by Crippen LogP contribution is 2.28. The summed E-state index contributed by atoms with van der Waals surface area (Å²) in [7, 11) is 1.87. The molecular weight excluding hydrogens is 451 g/mol. The third-order valence-corrected chi connectivity index (χ3v) is 5.45. The Morgan fingerprint density at radius 2 is 2.15 bits per heavy atom. The van der Waals surface area contributed by atoms with E-state index in [-0.39, 0.29) is 24.0 Å². The number of halogens is 1. The van der Waals surface area contributed by atoms with E-state index >= 15 is 0 Å². The molecule has 0 spiro atoms. The topological polar surface area (TPSA) is 58.3 Å². The first-order valence-electron chi connectivity index (χ1n) is 9.65. The van der Waals surface area contributed by atoms with Crippen LogP contribution >= 0.6 is 24.0 Å². The van der Waals surface area contributed by atoms with Gasteiger partial charge in [-0.25, -0.2) is 9.67 Å². The molecule has 1 saturated heterocycles. The number of pyridine rings is 1. The second kappa shape index (κ2) is 10.6. The van der Waals surface area contributed by atoms with E-state index < -0.39 is 0 Å². The van der Waals surface area contributed by atoms with Crippen molar-refractivity contribution in [3.8, 4) is 5.82 Å². The molecule has 0 aromatic carbocycles. The highest BCUT2D eigenvalue weighted by molar-refractivity contribution is 14.0. The van der Waals surface area contributed by atoms with Crippen LogP contribution in [0.1, 0.15) is 38.7 Å². The molecule has 3 heterocycles. The molecule has 2 aromatic rings. The fraction of sp³-hybridized carbons (Fsp3) is 0.550. The number of nitrogens with zero attached hydrogens (tertiary/aromatic N) is 5. The highest BCUT2D eigenvalue weighted by atomic mass is 127. The van der Waals surface area contributed by atoms with Gasteiger partial charge in [-0.05, 0) is 42.0 Å². The van der Waals surface area contributed by atoms with Crippen molar-refractivity contribution in [2.24, 2.45) is 16.8 Å². The lowest BCUT2D eigenvalue weighted by molar-refractivity contribution is 0.319. The van der Waals surface area contributed by atoms with E-state index in [1.807, 2.05) is 31.6 Å². The Morgan fingerprint density at radius 1 is 1.33 bits per heavy atom. The average molecular weight is 482 g/mol. The number of nitrogens with one attached hydrogen (secondary N) is 1. The lowest BCUT2D eigenvalue weighted by Crippen LogP contribution is -2.40. The smallest absolute Gasteiger partial charge is 0.193 e. The number of hydrogen-bond donors (Lipinski definition) is 1. The summed E-state index contributed by atoms with van der Waals surface area (Å²) >= 11 is 0. The summed E-state index contributed by atoms with van der Waals surface area (Å²) in [6.45, 7) is 7.56. The van der Waals surface area contributed by atoms with Crippen molar-refractivity contribution in [3.05, 3.63) is 42.4 Å². The number of likely N-dealkylation sites (tertiary alicyclic amines) is 1. The Balaban J connectivity index is 0.00000261. The summed E-state index contributed by atoms with van der Waals surface area (Å²) in [5, 5.41) is 7.76. The molecule has 3 rings (SSSR count). The Hall–Kier alpha value is -1.64. The zero-order valence-corrected chi connectivity index (χ0v) is 18.8. The minimum absolute atomic E-state index is 0. The maximum absolute atomic E-state index is 4.50. The van der Waals surface area contributed by atoms with Gasteiger partial charge in [-0.15, -0.1) is 24.0 Å². The second-order valence-electron chi connectivity index (χ2n) is 6.95. The van der Waals surface area contributed by atoms with Crippen molar-refractivity contribution in [1.29, 1.82) is 0 Å². The quantitative estimate of drug-likeness (QED) is 0.388. The van der Waals surface area contributed by atoms with E-state index in [1.165, 1.54) is 24.8 Å². The van der Waals surface area contributed by atoms with Crippen LogP contribution in [0.5, 0.6) is 0 Å². The lowest BCUT2D eigenvalue weighted by atomic mass is 9.87. The van der Waals surface area contributed by atoms with Crippen LogP contribution in [0.3, 0.4) is 0 Å². The Morgan fingerprint density at radius 3 is 2.81 bits per heavy atom. The van der Waals surface area contributed by atoms with Gasteiger partial charge in [-0.1, -0.05) is 26.7 Å². The maximum Gasteiger partial charge on any atom is 0.193 e. The molecule has 1 atom stereocenters. The largest absolute Gasteiger partial charge is 0.352 e. The van der Waals surface area contributed by atoms with Gasteiger partial charge in [0.1, 0.15) is 0 Å². The van der Waals surface area contributed by atoms with E-state index in [1.54, 1.807) is 10.9 Å². The van der Waals surface area contributed by atoms with Crippen LogP contribution in [0.4, 0.5) is 0 Å². The van der Waals surface area contributed by atoms with Crippen LogP contribution in [0.15, 0.2) is 41.8 Å². The van der Waals surface area contributed by atoms with Gasteiger partial charge in [0.05, 0.1) is 0 Å². The van der Waals surface area contributed by atoms with E-state index in [2.05, 4.69) is 45.2 Å². The summed E-state index contributed by atoms with van der Waals surface area (Å²) in [5.41, 5.74) is 1.17. The van der Waals surface area contributed by atoms with Gasteiger partial charge in [-0.3, -0.25) is 4.99 Å². The number of aliphatic imine (C=N–C) groups is 1. The molecular formula is C20H31IN6. The monoisotopic (exact) mass is 482 g/mol. The summed E-state index contributed by atoms with van der Waals surface area (Å²) in [5.74, 6) is 3.45.